The Hall–Kier alpha value is -0.480. The van der Waals surface area contributed by atoms with E-state index >= 15 is 0 Å². The van der Waals surface area contributed by atoms with Gasteiger partial charge in [0.25, 0.3) is 0 Å². The van der Waals surface area contributed by atoms with Gasteiger partial charge in [-0.2, -0.15) is 0 Å². The van der Waals surface area contributed by atoms with Gasteiger partial charge in [0.05, 0.1) is 10.6 Å². The quantitative estimate of drug-likeness (QED) is 0.837. The maximum absolute atomic E-state index is 4.24. The minimum absolute atomic E-state index is 0.467. The molecule has 1 aromatic rings. The molecule has 0 saturated heterocycles. The minimum atomic E-state index is 0.467. The zero-order valence-corrected chi connectivity index (χ0v) is 10.5. The fourth-order valence-corrected chi connectivity index (χ4v) is 2.82. The van der Waals surface area contributed by atoms with Gasteiger partial charge in [0.15, 0.2) is 0 Å². The number of hydrogen-bond donors (Lipinski definition) is 1. The fourth-order valence-electron chi connectivity index (χ4n) is 1.89. The second-order valence-corrected chi connectivity index (χ2v) is 5.48. The average molecular weight is 225 g/mol. The molecule has 1 aliphatic carbocycles. The Morgan fingerprint density at radius 3 is 2.73 bits per heavy atom. The van der Waals surface area contributed by atoms with E-state index in [-0.39, 0.29) is 0 Å². The highest BCUT2D eigenvalue weighted by Gasteiger charge is 2.28. The van der Waals surface area contributed by atoms with Gasteiger partial charge >= 0.3 is 0 Å². The summed E-state index contributed by atoms with van der Waals surface area (Å²) in [6.07, 6.45) is 4.06. The predicted octanol–water partition coefficient (Wildman–Crippen LogP) is 2.72. The van der Waals surface area contributed by atoms with Crippen LogP contribution in [0.1, 0.15) is 55.6 Å². The fraction of sp³-hybridized carbons (Fsp3) is 0.818. The largest absolute Gasteiger partial charge is 0.312 e. The molecule has 1 aliphatic rings. The van der Waals surface area contributed by atoms with E-state index in [1.165, 1.54) is 29.8 Å². The first-order chi connectivity index (χ1) is 7.22. The van der Waals surface area contributed by atoms with E-state index < -0.39 is 0 Å². The molecule has 1 fully saturated rings. The van der Waals surface area contributed by atoms with Crippen LogP contribution in [0.25, 0.3) is 0 Å². The summed E-state index contributed by atoms with van der Waals surface area (Å²) in [4.78, 5) is 1.35. The maximum Gasteiger partial charge on any atom is 0.0829 e. The molecule has 0 amide bonds. The van der Waals surface area contributed by atoms with Crippen LogP contribution in [-0.2, 0) is 0 Å². The molecule has 4 heteroatoms. The summed E-state index contributed by atoms with van der Waals surface area (Å²) in [5.74, 6) is 1.42. The molecule has 0 aliphatic heterocycles. The Bertz CT molecular complexity index is 317. The first-order valence-corrected chi connectivity index (χ1v) is 6.49. The molecule has 1 unspecified atom stereocenters. The second kappa shape index (κ2) is 4.58. The number of hydrogen-bond acceptors (Lipinski definition) is 4. The zero-order chi connectivity index (χ0) is 10.8. The van der Waals surface area contributed by atoms with Crippen LogP contribution in [0, 0.1) is 5.92 Å². The Morgan fingerprint density at radius 1 is 1.47 bits per heavy atom. The van der Waals surface area contributed by atoms with Crippen molar-refractivity contribution in [2.24, 2.45) is 5.92 Å². The smallest absolute Gasteiger partial charge is 0.0829 e. The standard InChI is InChI=1S/C11H19N3S/c1-7(2)10-11(15-14-13-10)9(12-3)6-8-4-5-8/h7-9,12H,4-6H2,1-3H3. The molecule has 0 radical (unpaired) electrons. The molecule has 2 rings (SSSR count). The van der Waals surface area contributed by atoms with Crippen LogP contribution >= 0.6 is 11.5 Å². The van der Waals surface area contributed by atoms with E-state index in [0.717, 1.165) is 5.92 Å². The molecule has 0 bridgehead atoms. The van der Waals surface area contributed by atoms with E-state index in [1.54, 1.807) is 11.5 Å². The van der Waals surface area contributed by atoms with Crippen LogP contribution in [0.4, 0.5) is 0 Å². The van der Waals surface area contributed by atoms with Crippen molar-refractivity contribution in [2.75, 3.05) is 7.05 Å². The third kappa shape index (κ3) is 2.55. The lowest BCUT2D eigenvalue weighted by atomic mass is 10.0. The lowest BCUT2D eigenvalue weighted by molar-refractivity contribution is 0.515. The van der Waals surface area contributed by atoms with Gasteiger partial charge in [-0.25, -0.2) is 0 Å². The van der Waals surface area contributed by atoms with Gasteiger partial charge < -0.3 is 5.32 Å². The Labute approximate surface area is 95.4 Å². The van der Waals surface area contributed by atoms with E-state index in [4.69, 9.17) is 0 Å². The molecule has 1 atom stereocenters. The van der Waals surface area contributed by atoms with Crippen LogP contribution in [0.15, 0.2) is 0 Å². The molecule has 1 saturated carbocycles. The van der Waals surface area contributed by atoms with Crippen LogP contribution < -0.4 is 5.32 Å². The van der Waals surface area contributed by atoms with Crippen molar-refractivity contribution >= 4 is 11.5 Å². The molecular formula is C11H19N3S. The molecule has 0 aromatic carbocycles. The first kappa shape index (κ1) is 11.0. The SMILES string of the molecule is CNC(CC1CC1)c1snnc1C(C)C. The summed E-state index contributed by atoms with van der Waals surface area (Å²) in [6, 6.07) is 0.467. The molecular weight excluding hydrogens is 206 g/mol. The molecule has 84 valence electrons. The monoisotopic (exact) mass is 225 g/mol. The summed E-state index contributed by atoms with van der Waals surface area (Å²) < 4.78 is 4.09. The molecule has 3 nitrogen and oxygen atoms in total. The summed E-state index contributed by atoms with van der Waals surface area (Å²) in [6.45, 7) is 4.37. The van der Waals surface area contributed by atoms with Gasteiger partial charge in [-0.05, 0) is 36.8 Å². The third-order valence-electron chi connectivity index (χ3n) is 3.02. The first-order valence-electron chi connectivity index (χ1n) is 5.71. The highest BCUT2D eigenvalue weighted by Crippen LogP contribution is 2.39. The van der Waals surface area contributed by atoms with Gasteiger partial charge in [-0.3, -0.25) is 0 Å². The predicted molar refractivity (Wildman–Crippen MR) is 63.1 cm³/mol. The number of aromatic nitrogens is 2. The van der Waals surface area contributed by atoms with Gasteiger partial charge in [-0.1, -0.05) is 31.2 Å². The summed E-state index contributed by atoms with van der Waals surface area (Å²) >= 11 is 1.56. The van der Waals surface area contributed by atoms with Crippen molar-refractivity contribution in [3.63, 3.8) is 0 Å². The van der Waals surface area contributed by atoms with Gasteiger partial charge in [0.2, 0.25) is 0 Å². The summed E-state index contributed by atoms with van der Waals surface area (Å²) in [5.41, 5.74) is 1.18. The van der Waals surface area contributed by atoms with Gasteiger partial charge in [-0.15, -0.1) is 5.10 Å². The van der Waals surface area contributed by atoms with Crippen LogP contribution in [0.3, 0.4) is 0 Å². The minimum Gasteiger partial charge on any atom is -0.312 e. The normalized spacial score (nSPS) is 18.4. The van der Waals surface area contributed by atoms with E-state index in [2.05, 4.69) is 28.8 Å². The van der Waals surface area contributed by atoms with Gasteiger partial charge in [0, 0.05) is 6.04 Å². The van der Waals surface area contributed by atoms with Crippen molar-refractivity contribution in [3.05, 3.63) is 10.6 Å². The van der Waals surface area contributed by atoms with Gasteiger partial charge in [0.1, 0.15) is 0 Å². The van der Waals surface area contributed by atoms with Crippen molar-refractivity contribution in [2.45, 2.75) is 45.1 Å². The Kier molecular flexibility index (Phi) is 3.36. The van der Waals surface area contributed by atoms with E-state index in [0.29, 0.717) is 12.0 Å². The summed E-state index contributed by atoms with van der Waals surface area (Å²) in [5, 5.41) is 7.64. The number of nitrogens with one attached hydrogen (secondary N) is 1. The van der Waals surface area contributed by atoms with Crippen LogP contribution in [0.2, 0.25) is 0 Å². The average Bonchev–Trinajstić information content (AvgIpc) is 2.89. The highest BCUT2D eigenvalue weighted by atomic mass is 32.1. The van der Waals surface area contributed by atoms with Crippen molar-refractivity contribution in [1.29, 1.82) is 0 Å². The number of rotatable bonds is 5. The van der Waals surface area contributed by atoms with E-state index in [1.807, 2.05) is 7.05 Å². The van der Waals surface area contributed by atoms with E-state index in [9.17, 15) is 0 Å². The van der Waals surface area contributed by atoms with Crippen LogP contribution in [-0.4, -0.2) is 16.6 Å². The highest BCUT2D eigenvalue weighted by molar-refractivity contribution is 7.05. The lowest BCUT2D eigenvalue weighted by Crippen LogP contribution is -2.17. The summed E-state index contributed by atoms with van der Waals surface area (Å²) in [7, 11) is 2.04. The van der Waals surface area contributed by atoms with Crippen molar-refractivity contribution in [3.8, 4) is 0 Å². The van der Waals surface area contributed by atoms with Crippen LogP contribution in [0.5, 0.6) is 0 Å². The second-order valence-electron chi connectivity index (χ2n) is 4.70. The van der Waals surface area contributed by atoms with Crippen molar-refractivity contribution < 1.29 is 0 Å². The maximum atomic E-state index is 4.24. The Morgan fingerprint density at radius 2 is 2.20 bits per heavy atom. The third-order valence-corrected chi connectivity index (χ3v) is 3.87. The Balaban J connectivity index is 2.13. The molecule has 1 aromatic heterocycles. The van der Waals surface area contributed by atoms with Crippen molar-refractivity contribution in [1.82, 2.24) is 14.9 Å². The number of nitrogens with zero attached hydrogens (tertiary/aromatic N) is 2. The topological polar surface area (TPSA) is 37.8 Å². The zero-order valence-electron chi connectivity index (χ0n) is 9.66. The molecule has 1 N–H and O–H groups in total. The molecule has 0 spiro atoms. The lowest BCUT2D eigenvalue weighted by Gasteiger charge is -2.15. The molecule has 1 heterocycles. The molecule has 15 heavy (non-hydrogen) atoms.